The van der Waals surface area contributed by atoms with Crippen LogP contribution in [0.1, 0.15) is 39.0 Å². The molecule has 124 valence electrons. The second-order valence-corrected chi connectivity index (χ2v) is 5.66. The summed E-state index contributed by atoms with van der Waals surface area (Å²) in [4.78, 5) is 13.8. The number of nitrogens with zero attached hydrogens (tertiary/aromatic N) is 1. The Morgan fingerprint density at radius 1 is 1.05 bits per heavy atom. The van der Waals surface area contributed by atoms with E-state index >= 15 is 0 Å². The van der Waals surface area contributed by atoms with E-state index in [0.29, 0.717) is 51.3 Å². The molecule has 0 N–H and O–H groups in total. The number of rotatable bonds is 11. The lowest BCUT2D eigenvalue weighted by Crippen LogP contribution is -2.38. The summed E-state index contributed by atoms with van der Waals surface area (Å²) in [7, 11) is 1.67. The minimum Gasteiger partial charge on any atom is -0.382 e. The van der Waals surface area contributed by atoms with Gasteiger partial charge in [0.05, 0.1) is 33.0 Å². The number of likely N-dealkylation sites (tertiary alicyclic amines) is 1. The van der Waals surface area contributed by atoms with E-state index in [2.05, 4.69) is 4.90 Å². The van der Waals surface area contributed by atoms with E-state index in [0.717, 1.165) is 19.5 Å². The van der Waals surface area contributed by atoms with Gasteiger partial charge < -0.3 is 14.2 Å². The number of hydrogen-bond donors (Lipinski definition) is 0. The molecular formula is C16H31NO4. The molecule has 1 saturated heterocycles. The molecule has 0 saturated carbocycles. The molecule has 0 aromatic carbocycles. The van der Waals surface area contributed by atoms with Crippen LogP contribution in [0.4, 0.5) is 0 Å². The van der Waals surface area contributed by atoms with E-state index < -0.39 is 0 Å². The van der Waals surface area contributed by atoms with Gasteiger partial charge in [-0.2, -0.15) is 0 Å². The van der Waals surface area contributed by atoms with E-state index in [1.54, 1.807) is 14.0 Å². The quantitative estimate of drug-likeness (QED) is 0.545. The van der Waals surface area contributed by atoms with E-state index in [4.69, 9.17) is 14.2 Å². The third-order valence-corrected chi connectivity index (χ3v) is 3.85. The molecule has 1 rings (SSSR count). The maximum Gasteiger partial charge on any atom is 0.131 e. The summed E-state index contributed by atoms with van der Waals surface area (Å²) >= 11 is 0. The maximum absolute atomic E-state index is 11.4. The molecule has 0 aromatic rings. The fraction of sp³-hybridized carbons (Fsp3) is 0.938. The standard InChI is InChI=1S/C16H31NO4/c1-15(18)14-16-6-4-3-5-7-17(16)8-9-20-12-13-21-11-10-19-2/h16H,3-14H2,1-2H3. The van der Waals surface area contributed by atoms with Gasteiger partial charge in [-0.05, 0) is 26.3 Å². The fourth-order valence-electron chi connectivity index (χ4n) is 2.74. The Bertz CT molecular complexity index is 273. The Kier molecular flexibility index (Phi) is 10.7. The third-order valence-electron chi connectivity index (χ3n) is 3.85. The number of methoxy groups -OCH3 is 1. The van der Waals surface area contributed by atoms with Crippen molar-refractivity contribution in [1.29, 1.82) is 0 Å². The second-order valence-electron chi connectivity index (χ2n) is 5.66. The zero-order valence-electron chi connectivity index (χ0n) is 13.6. The first-order valence-electron chi connectivity index (χ1n) is 8.12. The molecule has 1 aliphatic heterocycles. The molecule has 0 aliphatic carbocycles. The molecule has 1 heterocycles. The van der Waals surface area contributed by atoms with Crippen LogP contribution in [0.3, 0.4) is 0 Å². The van der Waals surface area contributed by atoms with Gasteiger partial charge >= 0.3 is 0 Å². The van der Waals surface area contributed by atoms with Gasteiger partial charge in [0.1, 0.15) is 5.78 Å². The summed E-state index contributed by atoms with van der Waals surface area (Å²) in [6.45, 7) is 6.88. The summed E-state index contributed by atoms with van der Waals surface area (Å²) in [5.74, 6) is 0.291. The molecule has 1 atom stereocenters. The minimum absolute atomic E-state index is 0.291. The lowest BCUT2D eigenvalue weighted by atomic mass is 10.0. The van der Waals surface area contributed by atoms with Crippen LogP contribution in [-0.4, -0.2) is 70.0 Å². The Labute approximate surface area is 128 Å². The number of ketones is 1. The molecule has 5 heteroatoms. The molecule has 1 unspecified atom stereocenters. The van der Waals surface area contributed by atoms with Crippen LogP contribution in [0, 0.1) is 0 Å². The van der Waals surface area contributed by atoms with Gasteiger partial charge in [-0.3, -0.25) is 9.69 Å². The van der Waals surface area contributed by atoms with Crippen molar-refractivity contribution >= 4 is 5.78 Å². The van der Waals surface area contributed by atoms with Crippen molar-refractivity contribution in [3.63, 3.8) is 0 Å². The Morgan fingerprint density at radius 2 is 1.76 bits per heavy atom. The van der Waals surface area contributed by atoms with Crippen LogP contribution >= 0.6 is 0 Å². The SMILES string of the molecule is COCCOCCOCCN1CCCCCC1CC(C)=O. The lowest BCUT2D eigenvalue weighted by molar-refractivity contribution is -0.118. The normalized spacial score (nSPS) is 20.4. The van der Waals surface area contributed by atoms with Crippen molar-refractivity contribution in [3.8, 4) is 0 Å². The molecule has 0 radical (unpaired) electrons. The maximum atomic E-state index is 11.4. The highest BCUT2D eigenvalue weighted by Crippen LogP contribution is 2.19. The van der Waals surface area contributed by atoms with E-state index in [1.165, 1.54) is 19.3 Å². The smallest absolute Gasteiger partial charge is 0.131 e. The first kappa shape index (κ1) is 18.6. The van der Waals surface area contributed by atoms with Gasteiger partial charge in [0.2, 0.25) is 0 Å². The predicted octanol–water partition coefficient (Wildman–Crippen LogP) is 1.89. The summed E-state index contributed by atoms with van der Waals surface area (Å²) in [5, 5.41) is 0. The monoisotopic (exact) mass is 301 g/mol. The molecular weight excluding hydrogens is 270 g/mol. The third kappa shape index (κ3) is 9.19. The topological polar surface area (TPSA) is 48.0 Å². The molecule has 0 amide bonds. The highest BCUT2D eigenvalue weighted by molar-refractivity contribution is 5.76. The zero-order valence-corrected chi connectivity index (χ0v) is 13.6. The van der Waals surface area contributed by atoms with Crippen molar-refractivity contribution < 1.29 is 19.0 Å². The first-order chi connectivity index (χ1) is 10.2. The second kappa shape index (κ2) is 12.1. The molecule has 1 aliphatic rings. The van der Waals surface area contributed by atoms with E-state index in [1.807, 2.05) is 0 Å². The predicted molar refractivity (Wildman–Crippen MR) is 82.6 cm³/mol. The van der Waals surface area contributed by atoms with Gasteiger partial charge in [-0.25, -0.2) is 0 Å². The lowest BCUT2D eigenvalue weighted by Gasteiger charge is -2.29. The number of Topliss-reactive ketones (excluding diaryl/α,β-unsaturated/α-hetero) is 1. The first-order valence-corrected chi connectivity index (χ1v) is 8.12. The van der Waals surface area contributed by atoms with Crippen LogP contribution in [0.25, 0.3) is 0 Å². The average Bonchev–Trinajstić information content (AvgIpc) is 2.67. The average molecular weight is 301 g/mol. The zero-order chi connectivity index (χ0) is 15.3. The number of ether oxygens (including phenoxy) is 3. The molecule has 0 spiro atoms. The van der Waals surface area contributed by atoms with Crippen molar-refractivity contribution in [3.05, 3.63) is 0 Å². The van der Waals surface area contributed by atoms with Crippen LogP contribution in [0.2, 0.25) is 0 Å². The molecule has 5 nitrogen and oxygen atoms in total. The van der Waals surface area contributed by atoms with Crippen LogP contribution in [0.5, 0.6) is 0 Å². The summed E-state index contributed by atoms with van der Waals surface area (Å²) < 4.78 is 15.9. The van der Waals surface area contributed by atoms with E-state index in [9.17, 15) is 4.79 Å². The molecule has 0 bridgehead atoms. The number of hydrogen-bond acceptors (Lipinski definition) is 5. The summed E-state index contributed by atoms with van der Waals surface area (Å²) in [6.07, 6.45) is 5.57. The number of carbonyl (C=O) groups is 1. The van der Waals surface area contributed by atoms with Crippen molar-refractivity contribution in [2.75, 3.05) is 53.2 Å². The van der Waals surface area contributed by atoms with Crippen LogP contribution in [-0.2, 0) is 19.0 Å². The van der Waals surface area contributed by atoms with Crippen LogP contribution in [0.15, 0.2) is 0 Å². The van der Waals surface area contributed by atoms with Gasteiger partial charge in [0.25, 0.3) is 0 Å². The largest absolute Gasteiger partial charge is 0.382 e. The van der Waals surface area contributed by atoms with Gasteiger partial charge in [0, 0.05) is 26.1 Å². The minimum atomic E-state index is 0.291. The Hall–Kier alpha value is -0.490. The van der Waals surface area contributed by atoms with Crippen molar-refractivity contribution in [1.82, 2.24) is 4.90 Å². The van der Waals surface area contributed by atoms with Gasteiger partial charge in [-0.1, -0.05) is 12.8 Å². The highest BCUT2D eigenvalue weighted by atomic mass is 16.5. The van der Waals surface area contributed by atoms with Crippen molar-refractivity contribution in [2.24, 2.45) is 0 Å². The van der Waals surface area contributed by atoms with Gasteiger partial charge in [0.15, 0.2) is 0 Å². The summed E-state index contributed by atoms with van der Waals surface area (Å²) in [6, 6.07) is 0.409. The fourth-order valence-corrected chi connectivity index (χ4v) is 2.74. The van der Waals surface area contributed by atoms with Gasteiger partial charge in [-0.15, -0.1) is 0 Å². The summed E-state index contributed by atoms with van der Waals surface area (Å²) in [5.41, 5.74) is 0. The highest BCUT2D eigenvalue weighted by Gasteiger charge is 2.21. The Balaban J connectivity index is 2.13. The van der Waals surface area contributed by atoms with Crippen molar-refractivity contribution in [2.45, 2.75) is 45.1 Å². The van der Waals surface area contributed by atoms with Crippen LogP contribution < -0.4 is 0 Å². The molecule has 21 heavy (non-hydrogen) atoms. The Morgan fingerprint density at radius 3 is 2.48 bits per heavy atom. The van der Waals surface area contributed by atoms with E-state index in [-0.39, 0.29) is 0 Å². The number of carbonyl (C=O) groups excluding carboxylic acids is 1. The molecule has 0 aromatic heterocycles. The molecule has 1 fully saturated rings.